The quantitative estimate of drug-likeness (QED) is 0.391. The summed E-state index contributed by atoms with van der Waals surface area (Å²) in [7, 11) is 0. The molecule has 2 rings (SSSR count). The molecule has 0 amide bonds. The molecule has 0 aliphatic carbocycles. The monoisotopic (exact) mass is 534 g/mol. The largest absolute Gasteiger partial charge is 0.298 e. The summed E-state index contributed by atoms with van der Waals surface area (Å²) >= 11 is 6.90. The van der Waals surface area contributed by atoms with Crippen molar-refractivity contribution in [1.82, 2.24) is 0 Å². The van der Waals surface area contributed by atoms with Gasteiger partial charge in [-0.3, -0.25) is 4.79 Å². The van der Waals surface area contributed by atoms with Gasteiger partial charge < -0.3 is 0 Å². The minimum Gasteiger partial charge on any atom is -0.298 e. The van der Waals surface area contributed by atoms with E-state index in [1.165, 1.54) is 12.5 Å². The predicted molar refractivity (Wildman–Crippen MR) is 87.5 cm³/mol. The van der Waals surface area contributed by atoms with E-state index in [0.717, 1.165) is 20.8 Å². The highest BCUT2D eigenvalue weighted by Crippen LogP contribution is 2.29. The molecule has 0 atom stereocenters. The molecule has 0 aliphatic heterocycles. The number of hydrogen-bond acceptors (Lipinski definition) is 1. The molecule has 76 valence electrons. The first-order chi connectivity index (χ1) is 7.15. The van der Waals surface area contributed by atoms with Crippen LogP contribution >= 0.6 is 67.8 Å². The summed E-state index contributed by atoms with van der Waals surface area (Å²) in [4.78, 5) is 10.8. The van der Waals surface area contributed by atoms with E-state index < -0.39 is 0 Å². The molecule has 0 heterocycles. The molecule has 15 heavy (non-hydrogen) atoms. The van der Waals surface area contributed by atoms with Crippen LogP contribution in [-0.2, 0) is 0 Å². The highest BCUT2D eigenvalue weighted by molar-refractivity contribution is 14.1. The fourth-order valence-electron chi connectivity index (χ4n) is 1.41. The van der Waals surface area contributed by atoms with E-state index in [4.69, 9.17) is 0 Å². The Hall–Kier alpha value is 0.560. The number of rotatable bonds is 1. The van der Waals surface area contributed by atoms with Crippen molar-refractivity contribution in [1.29, 1.82) is 0 Å². The molecule has 2 aromatic rings. The fraction of sp³-hybridized carbons (Fsp3) is 0. The van der Waals surface area contributed by atoms with E-state index in [1.54, 1.807) is 0 Å². The Balaban J connectivity index is 2.91. The van der Waals surface area contributed by atoms with Crippen molar-refractivity contribution in [3.05, 3.63) is 40.5 Å². The molecule has 0 aromatic heterocycles. The van der Waals surface area contributed by atoms with Crippen LogP contribution < -0.4 is 0 Å². The lowest BCUT2D eigenvalue weighted by molar-refractivity contribution is 0.112. The van der Waals surface area contributed by atoms with E-state index in [1.807, 2.05) is 12.1 Å². The second kappa shape index (κ2) is 4.82. The Morgan fingerprint density at radius 2 is 1.47 bits per heavy atom. The molecule has 0 unspecified atom stereocenters. The second-order valence-electron chi connectivity index (χ2n) is 3.04. The van der Waals surface area contributed by atoms with Crippen LogP contribution in [0.1, 0.15) is 10.4 Å². The van der Waals surface area contributed by atoms with E-state index in [9.17, 15) is 4.79 Å². The van der Waals surface area contributed by atoms with Crippen molar-refractivity contribution in [2.45, 2.75) is 0 Å². The van der Waals surface area contributed by atoms with Crippen molar-refractivity contribution >= 4 is 84.8 Å². The maximum absolute atomic E-state index is 10.8. The number of benzene rings is 2. The van der Waals surface area contributed by atoms with Gasteiger partial charge in [-0.2, -0.15) is 0 Å². The van der Waals surface area contributed by atoms with Crippen LogP contribution in [0.5, 0.6) is 0 Å². The van der Waals surface area contributed by atoms with Gasteiger partial charge in [-0.05, 0) is 90.7 Å². The third-order valence-corrected chi connectivity index (χ3v) is 6.48. The predicted octanol–water partition coefficient (Wildman–Crippen LogP) is 4.47. The molecule has 0 aliphatic rings. The third-order valence-electron chi connectivity index (χ3n) is 2.18. The van der Waals surface area contributed by atoms with Gasteiger partial charge in [0.2, 0.25) is 0 Å². The zero-order valence-corrected chi connectivity index (χ0v) is 13.9. The average molecular weight is 534 g/mol. The Kier molecular flexibility index (Phi) is 3.87. The zero-order chi connectivity index (χ0) is 11.0. The lowest BCUT2D eigenvalue weighted by Crippen LogP contribution is -1.90. The van der Waals surface area contributed by atoms with Crippen LogP contribution in [0.4, 0.5) is 0 Å². The van der Waals surface area contributed by atoms with Crippen molar-refractivity contribution in [3.8, 4) is 0 Å². The summed E-state index contributed by atoms with van der Waals surface area (Å²) in [6, 6.07) is 8.07. The summed E-state index contributed by atoms with van der Waals surface area (Å²) in [6.07, 6.45) is 0.909. The van der Waals surface area contributed by atoms with E-state index >= 15 is 0 Å². The maximum atomic E-state index is 10.8. The van der Waals surface area contributed by atoms with Gasteiger partial charge in [0.1, 0.15) is 0 Å². The minimum absolute atomic E-state index is 0.764. The van der Waals surface area contributed by atoms with E-state index in [0.29, 0.717) is 0 Å². The number of aldehydes is 1. The molecule has 0 saturated carbocycles. The molecular formula is C11H5I3O. The molecule has 2 aromatic carbocycles. The Morgan fingerprint density at radius 1 is 0.867 bits per heavy atom. The van der Waals surface area contributed by atoms with Crippen LogP contribution in [0.25, 0.3) is 10.8 Å². The molecule has 0 bridgehead atoms. The topological polar surface area (TPSA) is 17.1 Å². The van der Waals surface area contributed by atoms with Crippen molar-refractivity contribution in [2.24, 2.45) is 0 Å². The standard InChI is InChI=1S/C11H5I3O/c12-9-4-3-7-8(11(9)14)2-1-6(5-15)10(7)13/h1-5H. The SMILES string of the molecule is O=Cc1ccc2c(I)c(I)ccc2c1I. The van der Waals surface area contributed by atoms with Gasteiger partial charge in [0.05, 0.1) is 0 Å². The Labute approximate surface area is 128 Å². The van der Waals surface area contributed by atoms with Crippen LogP contribution in [0, 0.1) is 10.7 Å². The van der Waals surface area contributed by atoms with Crippen molar-refractivity contribution in [3.63, 3.8) is 0 Å². The number of hydrogen-bond donors (Lipinski definition) is 0. The third kappa shape index (κ3) is 2.17. The van der Waals surface area contributed by atoms with Crippen LogP contribution in [-0.4, -0.2) is 6.29 Å². The maximum Gasteiger partial charge on any atom is 0.151 e. The molecule has 0 radical (unpaired) electrons. The first-order valence-electron chi connectivity index (χ1n) is 4.16. The van der Waals surface area contributed by atoms with Gasteiger partial charge in [-0.15, -0.1) is 0 Å². The Bertz CT molecular complexity index is 549. The minimum atomic E-state index is 0.764. The molecule has 0 N–H and O–H groups in total. The van der Waals surface area contributed by atoms with Crippen molar-refractivity contribution < 1.29 is 4.79 Å². The molecular weight excluding hydrogens is 529 g/mol. The van der Waals surface area contributed by atoms with Gasteiger partial charge in [0, 0.05) is 16.3 Å². The molecule has 0 fully saturated rings. The molecule has 1 nitrogen and oxygen atoms in total. The summed E-state index contributed by atoms with van der Waals surface area (Å²) in [6.45, 7) is 0. The van der Waals surface area contributed by atoms with Crippen LogP contribution in [0.2, 0.25) is 0 Å². The normalized spacial score (nSPS) is 10.6. The summed E-state index contributed by atoms with van der Waals surface area (Å²) in [5, 5.41) is 2.38. The number of fused-ring (bicyclic) bond motifs is 1. The lowest BCUT2D eigenvalue weighted by atomic mass is 10.1. The molecule has 0 saturated heterocycles. The first kappa shape index (κ1) is 12.0. The molecule has 0 spiro atoms. The summed E-state index contributed by atoms with van der Waals surface area (Å²) in [5.41, 5.74) is 0.764. The van der Waals surface area contributed by atoms with Gasteiger partial charge in [0.15, 0.2) is 6.29 Å². The fourth-order valence-corrected chi connectivity index (χ4v) is 3.31. The van der Waals surface area contributed by atoms with Gasteiger partial charge in [-0.1, -0.05) is 12.1 Å². The second-order valence-corrected chi connectivity index (χ2v) is 6.36. The lowest BCUT2D eigenvalue weighted by Gasteiger charge is -2.06. The van der Waals surface area contributed by atoms with Crippen molar-refractivity contribution in [2.75, 3.05) is 0 Å². The summed E-state index contributed by atoms with van der Waals surface area (Å²) in [5.74, 6) is 0. The molecule has 4 heteroatoms. The highest BCUT2D eigenvalue weighted by atomic mass is 127. The number of halogens is 3. The summed E-state index contributed by atoms with van der Waals surface area (Å²) < 4.78 is 3.53. The van der Waals surface area contributed by atoms with Crippen LogP contribution in [0.15, 0.2) is 24.3 Å². The van der Waals surface area contributed by atoms with E-state index in [2.05, 4.69) is 79.9 Å². The van der Waals surface area contributed by atoms with E-state index in [-0.39, 0.29) is 0 Å². The number of carbonyl (C=O) groups is 1. The zero-order valence-electron chi connectivity index (χ0n) is 7.43. The number of carbonyl (C=O) groups excluding carboxylic acids is 1. The van der Waals surface area contributed by atoms with Gasteiger partial charge in [0.25, 0.3) is 0 Å². The van der Waals surface area contributed by atoms with Gasteiger partial charge in [-0.25, -0.2) is 0 Å². The highest BCUT2D eigenvalue weighted by Gasteiger charge is 2.08. The first-order valence-corrected chi connectivity index (χ1v) is 7.40. The smallest absolute Gasteiger partial charge is 0.151 e. The average Bonchev–Trinajstić information content (AvgIpc) is 2.24. The van der Waals surface area contributed by atoms with Crippen LogP contribution in [0.3, 0.4) is 0 Å². The Morgan fingerprint density at radius 3 is 2.13 bits per heavy atom. The van der Waals surface area contributed by atoms with Gasteiger partial charge >= 0.3 is 0 Å².